The Hall–Kier alpha value is -2.69. The molecular weight excluding hydrogens is 510 g/mol. The molecule has 1 aromatic carbocycles. The van der Waals surface area contributed by atoms with Gasteiger partial charge in [0.1, 0.15) is 16.8 Å². The smallest absolute Gasteiger partial charge is 0.256 e. The molecule has 1 amide bonds. The van der Waals surface area contributed by atoms with Crippen molar-refractivity contribution in [1.82, 2.24) is 24.8 Å². The molecule has 11 heteroatoms. The zero-order valence-corrected chi connectivity index (χ0v) is 22.6. The van der Waals surface area contributed by atoms with Gasteiger partial charge in [0.2, 0.25) is 0 Å². The van der Waals surface area contributed by atoms with E-state index in [1.165, 1.54) is 12.7 Å². The van der Waals surface area contributed by atoms with Crippen LogP contribution in [0.1, 0.15) is 59.8 Å². The molecule has 5 atom stereocenters. The van der Waals surface area contributed by atoms with Crippen LogP contribution >= 0.6 is 11.6 Å². The van der Waals surface area contributed by atoms with Crippen LogP contribution in [0.3, 0.4) is 0 Å². The van der Waals surface area contributed by atoms with Crippen LogP contribution in [0.4, 0.5) is 11.5 Å². The topological polar surface area (TPSA) is 104 Å². The maximum absolute atomic E-state index is 13.8. The Balaban J connectivity index is 1.29. The van der Waals surface area contributed by atoms with Gasteiger partial charge in [-0.1, -0.05) is 11.6 Å². The van der Waals surface area contributed by atoms with Crippen LogP contribution in [0.25, 0.3) is 5.65 Å². The van der Waals surface area contributed by atoms with Crippen LogP contribution < -0.4 is 15.4 Å². The molecule has 6 rings (SSSR count). The predicted octanol–water partition coefficient (Wildman–Crippen LogP) is 3.93. The molecule has 5 unspecified atom stereocenters. The fourth-order valence-corrected chi connectivity index (χ4v) is 6.76. The maximum atomic E-state index is 13.8. The van der Waals surface area contributed by atoms with Crippen molar-refractivity contribution in [3.05, 3.63) is 52.3 Å². The van der Waals surface area contributed by atoms with Gasteiger partial charge >= 0.3 is 0 Å². The van der Waals surface area contributed by atoms with E-state index in [9.17, 15) is 9.00 Å². The van der Waals surface area contributed by atoms with Gasteiger partial charge in [-0.3, -0.25) is 4.79 Å². The van der Waals surface area contributed by atoms with Crippen molar-refractivity contribution in [2.75, 3.05) is 29.4 Å². The molecule has 1 aliphatic carbocycles. The van der Waals surface area contributed by atoms with E-state index in [4.69, 9.17) is 21.7 Å². The molecule has 2 bridgehead atoms. The quantitative estimate of drug-likeness (QED) is 0.437. The highest BCUT2D eigenvalue weighted by molar-refractivity contribution is 7.85. The predicted molar refractivity (Wildman–Crippen MR) is 146 cm³/mol. The van der Waals surface area contributed by atoms with E-state index in [1.807, 2.05) is 21.7 Å². The first-order chi connectivity index (χ1) is 17.9. The van der Waals surface area contributed by atoms with E-state index in [-0.39, 0.29) is 11.9 Å². The number of hydrogen-bond acceptors (Lipinski definition) is 6. The van der Waals surface area contributed by atoms with E-state index < -0.39 is 11.0 Å². The highest BCUT2D eigenvalue weighted by atomic mass is 35.5. The summed E-state index contributed by atoms with van der Waals surface area (Å²) in [6.07, 6.45) is 8.68. The number of hydrogen-bond donors (Lipinski definition) is 3. The lowest BCUT2D eigenvalue weighted by atomic mass is 9.98. The third-order valence-corrected chi connectivity index (χ3v) is 8.65. The van der Waals surface area contributed by atoms with Crippen LogP contribution in [0.5, 0.6) is 0 Å². The fraction of sp³-hybridized carbons (Fsp3) is 0.500. The molecule has 3 aromatic rings. The number of rotatable bonds is 6. The van der Waals surface area contributed by atoms with Gasteiger partial charge in [-0.15, -0.1) is 0 Å². The Morgan fingerprint density at radius 3 is 2.86 bits per heavy atom. The first-order valence-electron chi connectivity index (χ1n) is 12.9. The summed E-state index contributed by atoms with van der Waals surface area (Å²) >= 11 is 6.25. The number of nitrogens with zero attached hydrogens (tertiary/aromatic N) is 4. The molecule has 196 valence electrons. The highest BCUT2D eigenvalue weighted by Gasteiger charge is 2.39. The van der Waals surface area contributed by atoms with Crippen LogP contribution in [0, 0.1) is 12.8 Å². The van der Waals surface area contributed by atoms with E-state index in [0.29, 0.717) is 40.8 Å². The summed E-state index contributed by atoms with van der Waals surface area (Å²) in [5.41, 5.74) is 3.58. The molecule has 3 aliphatic rings. The monoisotopic (exact) mass is 541 g/mol. The van der Waals surface area contributed by atoms with E-state index in [0.717, 1.165) is 55.0 Å². The summed E-state index contributed by atoms with van der Waals surface area (Å²) < 4.78 is 16.5. The van der Waals surface area contributed by atoms with Crippen molar-refractivity contribution in [3.63, 3.8) is 0 Å². The molecule has 0 spiro atoms. The van der Waals surface area contributed by atoms with E-state index in [1.54, 1.807) is 18.2 Å². The standard InChI is InChI=1S/C26H32ClN7O2S/c1-15-14-34-24(30-25(15)29-21-11-18-9-16(21)13-28-18)12-22(31-34)23-5-3-4-8-33(23)26(35)19-10-17(27)6-7-20(19)32-37(2)36/h6-7,10,12,14,16,18,21,23,28,32H,3-5,8-9,11,13H2,1-2H3,(H,29,30). The Bertz CT molecular complexity index is 1380. The van der Waals surface area contributed by atoms with Crippen molar-refractivity contribution in [3.8, 4) is 0 Å². The first kappa shape index (κ1) is 24.6. The van der Waals surface area contributed by atoms with Crippen molar-refractivity contribution < 1.29 is 9.00 Å². The number of aryl methyl sites for hydroxylation is 1. The minimum absolute atomic E-state index is 0.145. The van der Waals surface area contributed by atoms with Gasteiger partial charge in [0.25, 0.3) is 5.91 Å². The molecule has 1 saturated carbocycles. The van der Waals surface area contributed by atoms with Crippen molar-refractivity contribution in [2.45, 2.75) is 57.2 Å². The molecule has 3 fully saturated rings. The van der Waals surface area contributed by atoms with Gasteiger partial charge in [0, 0.05) is 54.3 Å². The summed E-state index contributed by atoms with van der Waals surface area (Å²) in [6.45, 7) is 3.75. The van der Waals surface area contributed by atoms with Gasteiger partial charge in [-0.2, -0.15) is 5.10 Å². The van der Waals surface area contributed by atoms with Crippen LogP contribution in [-0.4, -0.2) is 61.0 Å². The Morgan fingerprint density at radius 2 is 2.11 bits per heavy atom. The van der Waals surface area contributed by atoms with Crippen molar-refractivity contribution in [1.29, 1.82) is 0 Å². The number of halogens is 1. The molecular formula is C26H32ClN7O2S. The highest BCUT2D eigenvalue weighted by Crippen LogP contribution is 2.36. The second-order valence-electron chi connectivity index (χ2n) is 10.5. The van der Waals surface area contributed by atoms with Crippen LogP contribution in [-0.2, 0) is 11.0 Å². The molecule has 37 heavy (non-hydrogen) atoms. The third-order valence-electron chi connectivity index (χ3n) is 7.91. The Kier molecular flexibility index (Phi) is 6.58. The second kappa shape index (κ2) is 9.89. The number of benzene rings is 1. The lowest BCUT2D eigenvalue weighted by Crippen LogP contribution is -2.39. The molecule has 3 N–H and O–H groups in total. The summed E-state index contributed by atoms with van der Waals surface area (Å²) in [5, 5.41) is 12.6. The van der Waals surface area contributed by atoms with Crippen molar-refractivity contribution in [2.24, 2.45) is 5.92 Å². The normalized spacial score (nSPS) is 26.0. The van der Waals surface area contributed by atoms with Gasteiger partial charge < -0.3 is 20.3 Å². The molecule has 9 nitrogen and oxygen atoms in total. The second-order valence-corrected chi connectivity index (χ2v) is 12.0. The zero-order valence-electron chi connectivity index (χ0n) is 21.0. The third kappa shape index (κ3) is 4.82. The number of fused-ring (bicyclic) bond motifs is 3. The van der Waals surface area contributed by atoms with Crippen LogP contribution in [0.15, 0.2) is 30.5 Å². The van der Waals surface area contributed by atoms with Gasteiger partial charge in [-0.25, -0.2) is 13.7 Å². The van der Waals surface area contributed by atoms with E-state index >= 15 is 0 Å². The number of likely N-dealkylation sites (tertiary alicyclic amines) is 1. The lowest BCUT2D eigenvalue weighted by Gasteiger charge is -2.35. The van der Waals surface area contributed by atoms with Crippen molar-refractivity contribution >= 4 is 45.6 Å². The number of anilines is 2. The summed E-state index contributed by atoms with van der Waals surface area (Å²) in [4.78, 5) is 20.6. The average molecular weight is 542 g/mol. The lowest BCUT2D eigenvalue weighted by molar-refractivity contribution is 0.0607. The number of piperidine rings is 2. The Morgan fingerprint density at radius 1 is 1.24 bits per heavy atom. The Labute approximate surface area is 223 Å². The van der Waals surface area contributed by atoms with Gasteiger partial charge in [0.15, 0.2) is 5.65 Å². The maximum Gasteiger partial charge on any atom is 0.256 e. The summed E-state index contributed by atoms with van der Waals surface area (Å²) in [6, 6.07) is 7.94. The number of aromatic nitrogens is 3. The molecule has 0 radical (unpaired) electrons. The molecule has 2 saturated heterocycles. The largest absolute Gasteiger partial charge is 0.367 e. The first-order valence-corrected chi connectivity index (χ1v) is 14.9. The summed E-state index contributed by atoms with van der Waals surface area (Å²) in [7, 11) is -1.31. The summed E-state index contributed by atoms with van der Waals surface area (Å²) in [5.74, 6) is 1.42. The van der Waals surface area contributed by atoms with Crippen LogP contribution in [0.2, 0.25) is 5.02 Å². The molecule has 2 aliphatic heterocycles. The SMILES string of the molecule is Cc1cn2nc(C3CCCCN3C(=O)c3cc(Cl)ccc3NS(C)=O)cc2nc1NC1CC2CC1CN2. The number of amides is 1. The fourth-order valence-electron chi connectivity index (χ4n) is 6.10. The van der Waals surface area contributed by atoms with Gasteiger partial charge in [-0.05, 0) is 63.1 Å². The molecule has 2 aromatic heterocycles. The zero-order chi connectivity index (χ0) is 25.7. The molecule has 4 heterocycles. The number of carbonyl (C=O) groups is 1. The minimum atomic E-state index is -1.31. The average Bonchev–Trinajstić information content (AvgIpc) is 3.60. The van der Waals surface area contributed by atoms with E-state index in [2.05, 4.69) is 22.3 Å². The van der Waals surface area contributed by atoms with Gasteiger partial charge in [0.05, 0.1) is 23.0 Å². The number of carbonyl (C=O) groups excluding carboxylic acids is 1. The minimum Gasteiger partial charge on any atom is -0.367 e. The number of nitrogens with one attached hydrogen (secondary N) is 3.